The number of pyridine rings is 1. The third kappa shape index (κ3) is 2.15. The molecule has 1 N–H and O–H groups in total. The van der Waals surface area contributed by atoms with Gasteiger partial charge in [-0.3, -0.25) is 0 Å². The van der Waals surface area contributed by atoms with Crippen molar-refractivity contribution < 1.29 is 9.47 Å². The first-order valence-electron chi connectivity index (χ1n) is 7.66. The van der Waals surface area contributed by atoms with Crippen molar-refractivity contribution in [3.8, 4) is 33.3 Å². The van der Waals surface area contributed by atoms with Gasteiger partial charge >= 0.3 is 0 Å². The van der Waals surface area contributed by atoms with E-state index < -0.39 is 0 Å². The highest BCUT2D eigenvalue weighted by atomic mass is 32.1. The molecule has 0 fully saturated rings. The minimum absolute atomic E-state index is 0.585. The fourth-order valence-electron chi connectivity index (χ4n) is 2.87. The predicted molar refractivity (Wildman–Crippen MR) is 93.6 cm³/mol. The van der Waals surface area contributed by atoms with E-state index in [1.165, 1.54) is 0 Å². The first-order valence-corrected chi connectivity index (χ1v) is 8.54. The standard InChI is InChI=1S/C18H13N3O2S/c1-2-12-13(9-20-17(12)19-5-1)14-10-24-18(21-14)11-3-4-15-16(8-11)23-7-6-22-15/h1-5,8-10H,6-7H2,(H,19,20). The van der Waals surface area contributed by atoms with Crippen molar-refractivity contribution in [2.45, 2.75) is 0 Å². The van der Waals surface area contributed by atoms with Crippen LogP contribution in [0.15, 0.2) is 48.1 Å². The number of ether oxygens (including phenoxy) is 2. The van der Waals surface area contributed by atoms with Crippen molar-refractivity contribution in [3.05, 3.63) is 48.1 Å². The maximum atomic E-state index is 5.66. The van der Waals surface area contributed by atoms with Crippen molar-refractivity contribution in [1.82, 2.24) is 15.0 Å². The number of hydrogen-bond donors (Lipinski definition) is 1. The summed E-state index contributed by atoms with van der Waals surface area (Å²) in [6.07, 6.45) is 3.74. The minimum Gasteiger partial charge on any atom is -0.486 e. The molecule has 0 unspecified atom stereocenters. The Morgan fingerprint density at radius 1 is 1.08 bits per heavy atom. The van der Waals surface area contributed by atoms with Crippen molar-refractivity contribution in [2.24, 2.45) is 0 Å². The van der Waals surface area contributed by atoms with Gasteiger partial charge in [0.2, 0.25) is 0 Å². The van der Waals surface area contributed by atoms with Gasteiger partial charge in [-0.25, -0.2) is 9.97 Å². The van der Waals surface area contributed by atoms with Gasteiger partial charge in [-0.1, -0.05) is 0 Å². The van der Waals surface area contributed by atoms with Crippen molar-refractivity contribution >= 4 is 22.4 Å². The highest BCUT2D eigenvalue weighted by Crippen LogP contribution is 2.37. The number of benzene rings is 1. The summed E-state index contributed by atoms with van der Waals surface area (Å²) in [5.41, 5.74) is 3.93. The van der Waals surface area contributed by atoms with Gasteiger partial charge in [0, 0.05) is 34.3 Å². The quantitative estimate of drug-likeness (QED) is 0.598. The van der Waals surface area contributed by atoms with Gasteiger partial charge in [0.05, 0.1) is 5.69 Å². The zero-order valence-electron chi connectivity index (χ0n) is 12.7. The summed E-state index contributed by atoms with van der Waals surface area (Å²) >= 11 is 1.62. The smallest absolute Gasteiger partial charge is 0.162 e. The van der Waals surface area contributed by atoms with E-state index in [-0.39, 0.29) is 0 Å². The van der Waals surface area contributed by atoms with Crippen LogP contribution >= 0.6 is 11.3 Å². The van der Waals surface area contributed by atoms with Crippen molar-refractivity contribution in [3.63, 3.8) is 0 Å². The summed E-state index contributed by atoms with van der Waals surface area (Å²) in [6, 6.07) is 9.95. The lowest BCUT2D eigenvalue weighted by molar-refractivity contribution is 0.171. The second kappa shape index (κ2) is 5.35. The molecule has 1 aliphatic rings. The normalized spacial score (nSPS) is 13.3. The molecule has 0 aliphatic carbocycles. The highest BCUT2D eigenvalue weighted by Gasteiger charge is 2.15. The third-order valence-corrected chi connectivity index (χ3v) is 4.91. The molecule has 0 spiro atoms. The number of nitrogens with zero attached hydrogens (tertiary/aromatic N) is 2. The van der Waals surface area contributed by atoms with Crippen LogP contribution < -0.4 is 9.47 Å². The maximum Gasteiger partial charge on any atom is 0.162 e. The molecule has 0 atom stereocenters. The van der Waals surface area contributed by atoms with Crippen LogP contribution in [0.4, 0.5) is 0 Å². The molecule has 0 amide bonds. The molecule has 0 saturated carbocycles. The molecule has 1 aromatic carbocycles. The van der Waals surface area contributed by atoms with E-state index in [4.69, 9.17) is 14.5 Å². The minimum atomic E-state index is 0.585. The van der Waals surface area contributed by atoms with Gasteiger partial charge in [0.25, 0.3) is 0 Å². The van der Waals surface area contributed by atoms with Crippen LogP contribution in [-0.2, 0) is 0 Å². The van der Waals surface area contributed by atoms with E-state index in [9.17, 15) is 0 Å². The van der Waals surface area contributed by atoms with E-state index in [0.29, 0.717) is 13.2 Å². The van der Waals surface area contributed by atoms with Gasteiger partial charge in [-0.15, -0.1) is 11.3 Å². The number of fused-ring (bicyclic) bond motifs is 2. The van der Waals surface area contributed by atoms with Gasteiger partial charge in [0.15, 0.2) is 11.5 Å². The summed E-state index contributed by atoms with van der Waals surface area (Å²) in [7, 11) is 0. The van der Waals surface area contributed by atoms with Gasteiger partial charge in [-0.2, -0.15) is 0 Å². The Kier molecular flexibility index (Phi) is 3.02. The number of hydrogen-bond acceptors (Lipinski definition) is 5. The van der Waals surface area contributed by atoms with E-state index >= 15 is 0 Å². The Labute approximate surface area is 141 Å². The number of aromatic amines is 1. The van der Waals surface area contributed by atoms with Crippen LogP contribution in [0.3, 0.4) is 0 Å². The topological polar surface area (TPSA) is 60.0 Å². The fourth-order valence-corrected chi connectivity index (χ4v) is 3.69. The number of aromatic nitrogens is 3. The summed E-state index contributed by atoms with van der Waals surface area (Å²) in [5, 5.41) is 4.11. The molecule has 4 aromatic rings. The zero-order valence-corrected chi connectivity index (χ0v) is 13.5. The summed E-state index contributed by atoms with van der Waals surface area (Å²) in [4.78, 5) is 12.3. The first kappa shape index (κ1) is 13.6. The molecule has 5 nitrogen and oxygen atoms in total. The van der Waals surface area contributed by atoms with E-state index in [1.54, 1.807) is 17.5 Å². The molecule has 0 bridgehead atoms. The Bertz CT molecular complexity index is 1040. The maximum absolute atomic E-state index is 5.66. The summed E-state index contributed by atoms with van der Waals surface area (Å²) in [5.74, 6) is 1.58. The highest BCUT2D eigenvalue weighted by molar-refractivity contribution is 7.13. The molecule has 5 rings (SSSR count). The third-order valence-electron chi connectivity index (χ3n) is 4.02. The number of H-pyrrole nitrogens is 1. The van der Waals surface area contributed by atoms with Gasteiger partial charge in [-0.05, 0) is 30.3 Å². The second-order valence-electron chi connectivity index (χ2n) is 5.50. The Morgan fingerprint density at radius 2 is 2.00 bits per heavy atom. The van der Waals surface area contributed by atoms with Crippen LogP contribution in [0, 0.1) is 0 Å². The lowest BCUT2D eigenvalue weighted by Gasteiger charge is -2.18. The monoisotopic (exact) mass is 335 g/mol. The van der Waals surface area contributed by atoms with E-state index in [2.05, 4.69) is 21.4 Å². The van der Waals surface area contributed by atoms with Crippen molar-refractivity contribution in [1.29, 1.82) is 0 Å². The SMILES string of the molecule is c1cnc2[nH]cc(-c3csc(-c4ccc5c(c4)OCCO5)n3)c2c1. The second-order valence-corrected chi connectivity index (χ2v) is 6.36. The predicted octanol–water partition coefficient (Wildman–Crippen LogP) is 4.12. The summed E-state index contributed by atoms with van der Waals surface area (Å²) < 4.78 is 11.2. The Hall–Kier alpha value is -2.86. The number of rotatable bonds is 2. The van der Waals surface area contributed by atoms with E-state index in [1.807, 2.05) is 30.5 Å². The zero-order chi connectivity index (χ0) is 15.9. The molecule has 118 valence electrons. The average molecular weight is 335 g/mol. The molecule has 0 radical (unpaired) electrons. The molecule has 6 heteroatoms. The average Bonchev–Trinajstić information content (AvgIpc) is 3.28. The van der Waals surface area contributed by atoms with Gasteiger partial charge < -0.3 is 14.5 Å². The first-order chi connectivity index (χ1) is 11.9. The molecule has 0 saturated heterocycles. The van der Waals surface area contributed by atoms with Gasteiger partial charge in [0.1, 0.15) is 23.9 Å². The van der Waals surface area contributed by atoms with E-state index in [0.717, 1.165) is 44.4 Å². The molecule has 24 heavy (non-hydrogen) atoms. The number of nitrogens with one attached hydrogen (secondary N) is 1. The van der Waals surface area contributed by atoms with Crippen LogP contribution in [0.1, 0.15) is 0 Å². The van der Waals surface area contributed by atoms with Crippen LogP contribution in [-0.4, -0.2) is 28.2 Å². The number of thiazole rings is 1. The Morgan fingerprint density at radius 3 is 2.96 bits per heavy atom. The van der Waals surface area contributed by atoms with Crippen molar-refractivity contribution in [2.75, 3.05) is 13.2 Å². The fraction of sp³-hybridized carbons (Fsp3) is 0.111. The molecular weight excluding hydrogens is 322 g/mol. The van der Waals surface area contributed by atoms with Crippen LogP contribution in [0.5, 0.6) is 11.5 Å². The summed E-state index contributed by atoms with van der Waals surface area (Å²) in [6.45, 7) is 1.18. The van der Waals surface area contributed by atoms with Crippen LogP contribution in [0.2, 0.25) is 0 Å². The molecule has 1 aliphatic heterocycles. The largest absolute Gasteiger partial charge is 0.486 e. The lowest BCUT2D eigenvalue weighted by Crippen LogP contribution is -2.15. The lowest BCUT2D eigenvalue weighted by atomic mass is 10.1. The Balaban J connectivity index is 1.55. The molecule has 3 aromatic heterocycles. The van der Waals surface area contributed by atoms with Crippen LogP contribution in [0.25, 0.3) is 32.9 Å². The molecule has 4 heterocycles. The molecular formula is C18H13N3O2S.